The lowest BCUT2D eigenvalue weighted by atomic mass is 9.35. The second-order valence-electron chi connectivity index (χ2n) is 38.0. The Morgan fingerprint density at radius 2 is 1.26 bits per heavy atom. The Kier molecular flexibility index (Phi) is 10.7. The summed E-state index contributed by atoms with van der Waals surface area (Å²) in [5.41, 5.74) is 0.825. The lowest BCUT2D eigenvalue weighted by Crippen LogP contribution is -3.10. The number of nitrogens with zero attached hydrogens (tertiary/aromatic N) is 6. The molecule has 9 unspecified atom stereocenters. The quantitative estimate of drug-likeness (QED) is 0.189. The van der Waals surface area contributed by atoms with Crippen molar-refractivity contribution in [3.63, 3.8) is 0 Å². The summed E-state index contributed by atoms with van der Waals surface area (Å²) in [6.07, 6.45) is 19.1. The molecule has 25 rings (SSSR count). The molecule has 1 aromatic heterocycles. The van der Waals surface area contributed by atoms with Crippen LogP contribution in [0.5, 0.6) is 5.75 Å². The normalized spacial score (nSPS) is 43.2. The molecular formula is C80H94N8O11. The molecule has 19 heteroatoms. The summed E-state index contributed by atoms with van der Waals surface area (Å²) in [6, 6.07) is 2.61. The van der Waals surface area contributed by atoms with Crippen molar-refractivity contribution in [3.05, 3.63) is 109 Å². The van der Waals surface area contributed by atoms with Gasteiger partial charge in [0.2, 0.25) is 35.2 Å². The SMILES string of the molecule is CC1(C)C=CC2=C(CCC3=C2[N+]([O-])=C2[C@@H]3C[C@@]34NC(=O)C5(CCCN5C3=O)CC4C2(C)C)O1.Cn1c2c(c3c1C(C)(C)C1CC45CCCN4C(=O)[C@]14C3C13c6ccc7c(c6[NH+]([O-])[C@H]1C(C)(C)[C@@H]1C[C@]68CCCN6C(=O)C1(CC8=O)C3N4C5=O)CCC(C)(C)O7)CCC1=C2C=CC(C)(C)O1. The third-order valence-corrected chi connectivity index (χ3v) is 31.5. The number of hydrogen-bond acceptors (Lipinski definition) is 11. The number of quaternary nitrogens is 1. The average Bonchev–Trinajstić information content (AvgIpc) is 1.42. The van der Waals surface area contributed by atoms with E-state index in [1.54, 1.807) is 0 Å². The smallest absolute Gasteiger partial charge is 0.250 e. The van der Waals surface area contributed by atoms with Crippen molar-refractivity contribution in [2.75, 3.05) is 19.6 Å². The van der Waals surface area contributed by atoms with Crippen molar-refractivity contribution in [2.24, 2.45) is 47.0 Å². The molecule has 17 aliphatic heterocycles. The van der Waals surface area contributed by atoms with E-state index in [2.05, 4.69) is 115 Å². The molecule has 1 aromatic carbocycles. The van der Waals surface area contributed by atoms with Gasteiger partial charge in [-0.2, -0.15) is 4.74 Å². The van der Waals surface area contributed by atoms with Crippen LogP contribution in [0, 0.1) is 50.3 Å². The number of piperidine rings is 6. The maximum Gasteiger partial charge on any atom is 0.250 e. The van der Waals surface area contributed by atoms with E-state index in [-0.39, 0.29) is 76.1 Å². The van der Waals surface area contributed by atoms with Crippen molar-refractivity contribution in [1.82, 2.24) is 29.5 Å². The monoisotopic (exact) mass is 1340 g/mol. The predicted octanol–water partition coefficient (Wildman–Crippen LogP) is 8.50. The van der Waals surface area contributed by atoms with Gasteiger partial charge in [-0.05, 0) is 199 Å². The maximum absolute atomic E-state index is 16.9. The third-order valence-electron chi connectivity index (χ3n) is 31.5. The minimum Gasteiger partial charge on any atom is -0.629 e. The number of carbonyl (C=O) groups excluding carboxylic acids is 6. The largest absolute Gasteiger partial charge is 0.629 e. The van der Waals surface area contributed by atoms with Crippen LogP contribution >= 0.6 is 0 Å². The number of hydroxylamine groups is 2. The fourth-order valence-electron chi connectivity index (χ4n) is 28.4. The van der Waals surface area contributed by atoms with Gasteiger partial charge in [-0.1, -0.05) is 27.7 Å². The molecule has 18 heterocycles. The standard InChI is InChI=1S/C54H63N5O7.C26H31N3O4/c1-46(2)20-16-27-31(65-46)14-12-29-36-39-53-30-13-15-32-28(17-21-47(3,4)66-32)38(30)59(64)41(53)49(7,8)33-24-50-18-10-22-56(50)44(62)52(33,26-35(50)60)42(53)58-43(61)51-19-11-23-57(51)45(63)54(39,58)34(25-51)48(5,6)40(36)55(9)37(27)29;1-23(2)10-8-15-17(33-23)7-6-14-16-12-26-18(24(3,4)20(16)29(32)19(14)15)13-25(21(30)27-26)9-5-11-28(25)22(26)31/h13,15-16,20,33-34,39,41-42,59H,10-12,14,17-19,21-26H2,1-9H3;8,10,16,18H,5-7,9,11-13H2,1-4H3,(H,27,30)/t33-,34?,39?,41-,42?,50-,51?,52?,53?,54+;16-,18?,25?,26+/m01/s1. The fraction of sp³-hybridized carbons (Fsp3) is 0.662. The molecule has 19 nitrogen and oxygen atoms in total. The Bertz CT molecular complexity index is 4590. The highest BCUT2D eigenvalue weighted by molar-refractivity contribution is 6.12. The van der Waals surface area contributed by atoms with Gasteiger partial charge in [0.05, 0.1) is 45.0 Å². The average molecular weight is 1340 g/mol. The summed E-state index contributed by atoms with van der Waals surface area (Å²) < 4.78 is 23.3. The molecule has 6 aliphatic carbocycles. The number of piperazine rings is 2. The first-order chi connectivity index (χ1) is 46.6. The first-order valence-electron chi connectivity index (χ1n) is 37.7. The fourth-order valence-corrected chi connectivity index (χ4v) is 28.4. The van der Waals surface area contributed by atoms with Crippen LogP contribution in [0.15, 0.2) is 64.8 Å². The molecule has 15 atom stereocenters. The van der Waals surface area contributed by atoms with Crippen molar-refractivity contribution in [2.45, 2.75) is 266 Å². The number of allylic oxidation sites excluding steroid dienone is 6. The minimum absolute atomic E-state index is 0.00586. The number of Topliss-reactive ketones (excluding diaryl/α,β-unsaturated/α-hetero) is 1. The number of benzene rings is 1. The predicted molar refractivity (Wildman–Crippen MR) is 363 cm³/mol. The van der Waals surface area contributed by atoms with Gasteiger partial charge >= 0.3 is 0 Å². The van der Waals surface area contributed by atoms with E-state index in [0.717, 1.165) is 124 Å². The number of hydrogen-bond donors (Lipinski definition) is 2. The molecule has 99 heavy (non-hydrogen) atoms. The number of rotatable bonds is 0. The van der Waals surface area contributed by atoms with Gasteiger partial charge in [0, 0.05) is 96.9 Å². The van der Waals surface area contributed by atoms with E-state index in [0.29, 0.717) is 83.1 Å². The van der Waals surface area contributed by atoms with Gasteiger partial charge in [-0.3, -0.25) is 28.8 Å². The summed E-state index contributed by atoms with van der Waals surface area (Å²) in [6.45, 7) is 27.4. The molecule has 520 valence electrons. The number of amides is 5. The third kappa shape index (κ3) is 6.16. The van der Waals surface area contributed by atoms with Gasteiger partial charge in [0.25, 0.3) is 0 Å². The molecule has 7 spiro atoms. The van der Waals surface area contributed by atoms with Crippen LogP contribution in [0.2, 0.25) is 0 Å². The van der Waals surface area contributed by atoms with Crippen LogP contribution in [0.25, 0.3) is 5.57 Å². The Labute approximate surface area is 578 Å². The van der Waals surface area contributed by atoms with Gasteiger partial charge in [0.1, 0.15) is 73.5 Å². The van der Waals surface area contributed by atoms with Crippen molar-refractivity contribution >= 4 is 52.3 Å². The highest BCUT2D eigenvalue weighted by Gasteiger charge is 2.95. The lowest BCUT2D eigenvalue weighted by molar-refractivity contribution is -0.819. The van der Waals surface area contributed by atoms with Crippen molar-refractivity contribution < 1.29 is 52.8 Å². The zero-order valence-corrected chi connectivity index (χ0v) is 59.8. The molecule has 15 fully saturated rings. The summed E-state index contributed by atoms with van der Waals surface area (Å²) >= 11 is 0. The summed E-state index contributed by atoms with van der Waals surface area (Å²) in [4.78, 5) is 101. The zero-order chi connectivity index (χ0) is 68.9. The van der Waals surface area contributed by atoms with E-state index in [4.69, 9.17) is 14.2 Å². The van der Waals surface area contributed by atoms with Crippen LogP contribution in [-0.4, -0.2) is 146 Å². The van der Waals surface area contributed by atoms with E-state index in [1.807, 2.05) is 40.7 Å². The molecule has 6 bridgehead atoms. The Morgan fingerprint density at radius 1 is 0.636 bits per heavy atom. The number of aromatic nitrogens is 1. The highest BCUT2D eigenvalue weighted by Crippen LogP contribution is 2.83. The van der Waals surface area contributed by atoms with Crippen LogP contribution < -0.4 is 15.1 Å². The van der Waals surface area contributed by atoms with Crippen LogP contribution in [0.3, 0.4) is 0 Å². The molecule has 2 N–H and O–H groups in total. The van der Waals surface area contributed by atoms with Crippen molar-refractivity contribution in [3.8, 4) is 5.75 Å². The van der Waals surface area contributed by atoms with E-state index < -0.39 is 84.0 Å². The summed E-state index contributed by atoms with van der Waals surface area (Å²) in [7, 11) is 2.19. The molecule has 3 saturated carbocycles. The lowest BCUT2D eigenvalue weighted by Gasteiger charge is -2.72. The number of nitrogens with one attached hydrogen (secondary N) is 2. The van der Waals surface area contributed by atoms with Gasteiger partial charge in [-0.15, -0.1) is 0 Å². The van der Waals surface area contributed by atoms with Crippen LogP contribution in [0.1, 0.15) is 219 Å². The van der Waals surface area contributed by atoms with Gasteiger partial charge in [0.15, 0.2) is 11.5 Å². The van der Waals surface area contributed by atoms with E-state index >= 15 is 24.4 Å². The first-order valence-corrected chi connectivity index (χ1v) is 37.7. The van der Waals surface area contributed by atoms with E-state index in [9.17, 15) is 14.8 Å². The molecule has 12 saturated heterocycles. The molecule has 2 aromatic rings. The Hall–Kier alpha value is -6.99. The Morgan fingerprint density at radius 3 is 1.98 bits per heavy atom. The second-order valence-corrected chi connectivity index (χ2v) is 38.0. The van der Waals surface area contributed by atoms with Crippen LogP contribution in [0.4, 0.5) is 5.69 Å². The number of fused-ring (bicyclic) bond motifs is 13. The molecule has 0 radical (unpaired) electrons. The van der Waals surface area contributed by atoms with E-state index in [1.165, 1.54) is 4.74 Å². The van der Waals surface area contributed by atoms with Gasteiger partial charge < -0.3 is 59.2 Å². The number of ether oxygens (including phenoxy) is 3. The molecule has 5 amide bonds. The Balaban J connectivity index is 0.000000163. The number of carbonyl (C=O) groups is 6. The summed E-state index contributed by atoms with van der Waals surface area (Å²) in [5.74, 6) is 1.10. The second kappa shape index (κ2) is 17.4. The highest BCUT2D eigenvalue weighted by atomic mass is 16.5. The molecular weight excluding hydrogens is 1250 g/mol. The van der Waals surface area contributed by atoms with Gasteiger partial charge in [-0.25, -0.2) is 0 Å². The maximum atomic E-state index is 16.9. The zero-order valence-electron chi connectivity index (χ0n) is 59.8. The van der Waals surface area contributed by atoms with Crippen molar-refractivity contribution in [1.29, 1.82) is 0 Å². The minimum atomic E-state index is -1.41. The number of ketones is 1. The van der Waals surface area contributed by atoms with Crippen LogP contribution in [-0.2, 0) is 69.0 Å². The molecule has 23 aliphatic rings. The summed E-state index contributed by atoms with van der Waals surface area (Å²) in [5, 5.41) is 34.0. The first kappa shape index (κ1) is 60.7. The topological polar surface area (TPSA) is 214 Å².